The lowest BCUT2D eigenvalue weighted by Crippen LogP contribution is -1.86. The van der Waals surface area contributed by atoms with Crippen LogP contribution in [-0.4, -0.2) is 6.76 Å². The molecule has 1 aliphatic rings. The Labute approximate surface area is 58.6 Å². The number of para-hydroxylation sites is 1. The van der Waals surface area contributed by atoms with Gasteiger partial charge < -0.3 is 4.65 Å². The van der Waals surface area contributed by atoms with Crippen LogP contribution in [0.1, 0.15) is 0 Å². The van der Waals surface area contributed by atoms with Crippen LogP contribution < -0.4 is 4.65 Å². The molecule has 0 aliphatic carbocycles. The molecule has 44 valence electrons. The molecule has 1 aromatic rings. The molecule has 3 heteroatoms. The Morgan fingerprint density at radius 2 is 2.22 bits per heavy atom. The fourth-order valence-corrected chi connectivity index (χ4v) is 1.60. The summed E-state index contributed by atoms with van der Waals surface area (Å²) in [5.41, 5.74) is 0. The molecule has 0 bridgehead atoms. The van der Waals surface area contributed by atoms with Gasteiger partial charge in [0.1, 0.15) is 5.75 Å². The first-order valence-electron chi connectivity index (χ1n) is 2.81. The molecule has 0 amide bonds. The van der Waals surface area contributed by atoms with Crippen LogP contribution in [0.5, 0.6) is 5.75 Å². The number of rotatable bonds is 0. The van der Waals surface area contributed by atoms with Gasteiger partial charge in [-0.15, -0.1) is 11.6 Å². The Bertz CT molecular complexity index is 203. The smallest absolute Gasteiger partial charge is 0.413 e. The fourth-order valence-electron chi connectivity index (χ4n) is 0.845. The van der Waals surface area contributed by atoms with Gasteiger partial charge in [-0.05, 0) is 12.1 Å². The summed E-state index contributed by atoms with van der Waals surface area (Å²) < 4.78 is 5.26. The van der Waals surface area contributed by atoms with Crippen LogP contribution in [0.4, 0.5) is 0 Å². The van der Waals surface area contributed by atoms with E-state index in [1.807, 2.05) is 18.2 Å². The quantitative estimate of drug-likeness (QED) is 0.499. The minimum absolute atomic E-state index is 0.777. The van der Waals surface area contributed by atoms with Crippen LogP contribution >= 0.6 is 11.6 Å². The minimum atomic E-state index is 0.777. The molecule has 9 heavy (non-hydrogen) atoms. The summed E-state index contributed by atoms with van der Waals surface area (Å²) in [6.07, 6.45) is 0. The number of hydrogen-bond acceptors (Lipinski definition) is 2. The van der Waals surface area contributed by atoms with E-state index in [0.717, 1.165) is 12.5 Å². The molecule has 0 unspecified atom stereocenters. The van der Waals surface area contributed by atoms with Crippen molar-refractivity contribution in [2.24, 2.45) is 0 Å². The second-order valence-corrected chi connectivity index (χ2v) is 2.82. The second-order valence-electron chi connectivity index (χ2n) is 1.85. The van der Waals surface area contributed by atoms with Gasteiger partial charge in [0, 0.05) is 4.90 Å². The van der Waals surface area contributed by atoms with E-state index < -0.39 is 0 Å². The molecular weight excluding hydrogens is 131 g/mol. The monoisotopic (exact) mass is 136 g/mol. The van der Waals surface area contributed by atoms with Gasteiger partial charge in [0.25, 0.3) is 0 Å². The molecule has 0 radical (unpaired) electrons. The van der Waals surface area contributed by atoms with Gasteiger partial charge in [0.05, 0.1) is 0 Å². The molecule has 0 saturated heterocycles. The molecule has 0 N–H and O–H groups in total. The average Bonchev–Trinajstić information content (AvgIpc) is 2.33. The van der Waals surface area contributed by atoms with Gasteiger partial charge in [-0.2, -0.15) is 0 Å². The first kappa shape index (κ1) is 5.24. The predicted octanol–water partition coefficient (Wildman–Crippen LogP) is 1.44. The number of fused-ring (bicyclic) bond motifs is 1. The van der Waals surface area contributed by atoms with Crippen molar-refractivity contribution < 1.29 is 4.65 Å². The van der Waals surface area contributed by atoms with Crippen LogP contribution in [0.25, 0.3) is 0 Å². The van der Waals surface area contributed by atoms with E-state index in [9.17, 15) is 0 Å². The molecule has 0 aromatic heterocycles. The highest BCUT2D eigenvalue weighted by atomic mass is 32.2. The average molecular weight is 136 g/mol. The zero-order valence-electron chi connectivity index (χ0n) is 4.83. The van der Waals surface area contributed by atoms with E-state index >= 15 is 0 Å². The Balaban J connectivity index is 2.54. The molecule has 0 spiro atoms. The molecule has 2 rings (SSSR count). The third kappa shape index (κ3) is 0.813. The maximum atomic E-state index is 5.26. The largest absolute Gasteiger partial charge is 0.552 e. The van der Waals surface area contributed by atoms with Crippen molar-refractivity contribution in [1.82, 2.24) is 0 Å². The fraction of sp³-hybridized carbons (Fsp3) is 0. The lowest BCUT2D eigenvalue weighted by Gasteiger charge is -1.93. The third-order valence-electron chi connectivity index (χ3n) is 1.28. The van der Waals surface area contributed by atoms with Gasteiger partial charge >= 0.3 is 6.76 Å². The summed E-state index contributed by atoms with van der Waals surface area (Å²) >= 11 is 1.75. The van der Waals surface area contributed by atoms with Crippen molar-refractivity contribution in [1.29, 1.82) is 0 Å². The standard InChI is InChI=1S/C6H5BOS/c1-2-4-6-5(3-1)8-7-9-6/h1-4,7H. The van der Waals surface area contributed by atoms with E-state index in [4.69, 9.17) is 4.65 Å². The summed E-state index contributed by atoms with van der Waals surface area (Å²) in [6.45, 7) is 0.777. The second kappa shape index (κ2) is 1.99. The van der Waals surface area contributed by atoms with E-state index in [-0.39, 0.29) is 0 Å². The highest BCUT2D eigenvalue weighted by Gasteiger charge is 2.11. The zero-order chi connectivity index (χ0) is 6.10. The maximum Gasteiger partial charge on any atom is 0.413 e. The summed E-state index contributed by atoms with van der Waals surface area (Å²) in [7, 11) is 0. The van der Waals surface area contributed by atoms with Gasteiger partial charge in [-0.1, -0.05) is 12.1 Å². The summed E-state index contributed by atoms with van der Waals surface area (Å²) in [5.74, 6) is 1.03. The molecule has 0 saturated carbocycles. The van der Waals surface area contributed by atoms with Gasteiger partial charge in [0.2, 0.25) is 0 Å². The van der Waals surface area contributed by atoms with Crippen molar-refractivity contribution in [2.75, 3.05) is 0 Å². The molecule has 1 heterocycles. The number of hydrogen-bond donors (Lipinski definition) is 0. The zero-order valence-corrected chi connectivity index (χ0v) is 5.65. The predicted molar refractivity (Wildman–Crippen MR) is 40.1 cm³/mol. The van der Waals surface area contributed by atoms with Crippen molar-refractivity contribution in [2.45, 2.75) is 4.90 Å². The molecule has 1 aliphatic heterocycles. The van der Waals surface area contributed by atoms with E-state index in [2.05, 4.69) is 6.07 Å². The van der Waals surface area contributed by atoms with Crippen LogP contribution in [0.3, 0.4) is 0 Å². The topological polar surface area (TPSA) is 9.23 Å². The van der Waals surface area contributed by atoms with Crippen LogP contribution in [0.2, 0.25) is 0 Å². The van der Waals surface area contributed by atoms with Gasteiger partial charge in [0.15, 0.2) is 0 Å². The lowest BCUT2D eigenvalue weighted by atomic mass is 10.3. The van der Waals surface area contributed by atoms with E-state index in [0.29, 0.717) is 0 Å². The summed E-state index contributed by atoms with van der Waals surface area (Å²) in [6, 6.07) is 8.09. The Kier molecular flexibility index (Phi) is 1.16. The van der Waals surface area contributed by atoms with Crippen LogP contribution in [-0.2, 0) is 0 Å². The van der Waals surface area contributed by atoms with Crippen molar-refractivity contribution in [3.05, 3.63) is 24.3 Å². The third-order valence-corrected chi connectivity index (χ3v) is 2.16. The maximum absolute atomic E-state index is 5.26. The Morgan fingerprint density at radius 3 is 3.11 bits per heavy atom. The summed E-state index contributed by atoms with van der Waals surface area (Å²) in [5, 5.41) is 0. The van der Waals surface area contributed by atoms with E-state index in [1.165, 1.54) is 4.90 Å². The molecular formula is C6H5BOS. The van der Waals surface area contributed by atoms with Gasteiger partial charge in [-0.3, -0.25) is 0 Å². The molecule has 0 atom stereocenters. The first-order valence-corrected chi connectivity index (χ1v) is 3.80. The highest BCUT2D eigenvalue weighted by molar-refractivity contribution is 8.22. The Morgan fingerprint density at radius 1 is 1.33 bits per heavy atom. The molecule has 1 nitrogen and oxygen atoms in total. The lowest BCUT2D eigenvalue weighted by molar-refractivity contribution is 0.604. The first-order chi connectivity index (χ1) is 4.47. The van der Waals surface area contributed by atoms with Crippen molar-refractivity contribution in [3.63, 3.8) is 0 Å². The molecule has 0 fully saturated rings. The summed E-state index contributed by atoms with van der Waals surface area (Å²) in [4.78, 5) is 1.26. The number of benzene rings is 1. The highest BCUT2D eigenvalue weighted by Crippen LogP contribution is 2.33. The Hall–Kier alpha value is -0.565. The normalized spacial score (nSPS) is 13.8. The minimum Gasteiger partial charge on any atom is -0.552 e. The van der Waals surface area contributed by atoms with Crippen LogP contribution in [0.15, 0.2) is 29.2 Å². The van der Waals surface area contributed by atoms with Crippen LogP contribution in [0, 0.1) is 0 Å². The molecule has 1 aromatic carbocycles. The van der Waals surface area contributed by atoms with E-state index in [1.54, 1.807) is 11.6 Å². The van der Waals surface area contributed by atoms with Crippen molar-refractivity contribution in [3.8, 4) is 5.75 Å². The van der Waals surface area contributed by atoms with Gasteiger partial charge in [-0.25, -0.2) is 0 Å². The SMILES string of the molecule is B1Oc2ccccc2S1. The van der Waals surface area contributed by atoms with Crippen molar-refractivity contribution >= 4 is 18.4 Å².